The molecule has 0 N–H and O–H groups in total. The van der Waals surface area contributed by atoms with Crippen molar-refractivity contribution in [3.8, 4) is 55.9 Å². The molecule has 1 aliphatic rings. The molecule has 10 aromatic rings. The van der Waals surface area contributed by atoms with E-state index in [0.29, 0.717) is 0 Å². The van der Waals surface area contributed by atoms with E-state index in [1.807, 2.05) is 6.07 Å². The lowest BCUT2D eigenvalue weighted by Gasteiger charge is -2.33. The monoisotopic (exact) mass is 713 g/mol. The Bertz CT molecular complexity index is 2960. The Kier molecular flexibility index (Phi) is 7.43. The van der Waals surface area contributed by atoms with Crippen LogP contribution in [0.25, 0.3) is 77.8 Å². The third-order valence-electron chi connectivity index (χ3n) is 11.5. The fourth-order valence-corrected chi connectivity index (χ4v) is 8.98. The molecule has 2 nitrogen and oxygen atoms in total. The highest BCUT2D eigenvalue weighted by molar-refractivity contribution is 6.09. The van der Waals surface area contributed by atoms with E-state index < -0.39 is 5.41 Å². The van der Waals surface area contributed by atoms with Crippen molar-refractivity contribution in [2.75, 3.05) is 0 Å². The van der Waals surface area contributed by atoms with Gasteiger partial charge in [0.05, 0.1) is 16.8 Å². The number of aromatic nitrogens is 1. The summed E-state index contributed by atoms with van der Waals surface area (Å²) >= 11 is 0. The summed E-state index contributed by atoms with van der Waals surface area (Å²) in [5, 5.41) is 2.23. The Hall–Kier alpha value is -7.29. The Morgan fingerprint density at radius 3 is 1.59 bits per heavy atom. The summed E-state index contributed by atoms with van der Waals surface area (Å²) in [5.41, 5.74) is 17.5. The molecule has 0 spiro atoms. The minimum Gasteiger partial charge on any atom is -0.456 e. The Morgan fingerprint density at radius 2 is 0.875 bits per heavy atom. The molecule has 0 saturated heterocycles. The van der Waals surface area contributed by atoms with Gasteiger partial charge in [0.1, 0.15) is 11.2 Å². The van der Waals surface area contributed by atoms with Crippen LogP contribution >= 0.6 is 0 Å². The first-order valence-electron chi connectivity index (χ1n) is 19.2. The van der Waals surface area contributed by atoms with Gasteiger partial charge in [-0.25, -0.2) is 4.98 Å². The van der Waals surface area contributed by atoms with Gasteiger partial charge in [0.25, 0.3) is 0 Å². The Morgan fingerprint density at radius 1 is 0.321 bits per heavy atom. The summed E-state index contributed by atoms with van der Waals surface area (Å²) in [5.74, 6) is 0. The highest BCUT2D eigenvalue weighted by Gasteiger charge is 2.46. The highest BCUT2D eigenvalue weighted by atomic mass is 16.3. The van der Waals surface area contributed by atoms with Crippen LogP contribution in [0.4, 0.5) is 0 Å². The molecule has 11 rings (SSSR count). The number of hydrogen-bond acceptors (Lipinski definition) is 2. The molecule has 0 fully saturated rings. The predicted octanol–water partition coefficient (Wildman–Crippen LogP) is 14.0. The van der Waals surface area contributed by atoms with Gasteiger partial charge in [-0.05, 0) is 98.1 Å². The van der Waals surface area contributed by atoms with Crippen molar-refractivity contribution >= 4 is 21.9 Å². The molecule has 0 unspecified atom stereocenters. The van der Waals surface area contributed by atoms with E-state index >= 15 is 0 Å². The summed E-state index contributed by atoms with van der Waals surface area (Å²) in [7, 11) is 0. The number of hydrogen-bond donors (Lipinski definition) is 0. The van der Waals surface area contributed by atoms with E-state index in [2.05, 4.69) is 206 Å². The summed E-state index contributed by atoms with van der Waals surface area (Å²) in [6, 6.07) is 76.1. The van der Waals surface area contributed by atoms with Crippen LogP contribution < -0.4 is 0 Å². The van der Waals surface area contributed by atoms with Crippen LogP contribution in [-0.2, 0) is 5.41 Å². The molecule has 0 radical (unpaired) electrons. The average Bonchev–Trinajstić information content (AvgIpc) is 3.79. The van der Waals surface area contributed by atoms with E-state index in [9.17, 15) is 0 Å². The lowest BCUT2D eigenvalue weighted by Crippen LogP contribution is -2.28. The van der Waals surface area contributed by atoms with Crippen molar-refractivity contribution in [2.45, 2.75) is 5.41 Å². The first-order valence-corrected chi connectivity index (χ1v) is 19.2. The van der Waals surface area contributed by atoms with Crippen molar-refractivity contribution in [1.82, 2.24) is 4.98 Å². The summed E-state index contributed by atoms with van der Waals surface area (Å²) < 4.78 is 6.73. The fraction of sp³-hybridized carbons (Fsp3) is 0.0185. The van der Waals surface area contributed by atoms with Crippen LogP contribution in [0.3, 0.4) is 0 Å². The van der Waals surface area contributed by atoms with Crippen molar-refractivity contribution in [1.29, 1.82) is 0 Å². The van der Waals surface area contributed by atoms with Gasteiger partial charge in [-0.1, -0.05) is 170 Å². The summed E-state index contributed by atoms with van der Waals surface area (Å²) in [6.07, 6.45) is 0. The highest BCUT2D eigenvalue weighted by Crippen LogP contribution is 2.57. The molecule has 1 aliphatic carbocycles. The molecule has 8 aromatic carbocycles. The minimum absolute atomic E-state index is 0.473. The van der Waals surface area contributed by atoms with Crippen molar-refractivity contribution < 1.29 is 4.42 Å². The van der Waals surface area contributed by atoms with Crippen LogP contribution in [0.2, 0.25) is 0 Å². The van der Waals surface area contributed by atoms with Crippen LogP contribution in [0.1, 0.15) is 22.3 Å². The first kappa shape index (κ1) is 32.2. The fourth-order valence-electron chi connectivity index (χ4n) is 8.98. The quantitative estimate of drug-likeness (QED) is 0.171. The maximum Gasteiger partial charge on any atom is 0.135 e. The summed E-state index contributed by atoms with van der Waals surface area (Å²) in [6.45, 7) is 0. The number of furan rings is 1. The van der Waals surface area contributed by atoms with Crippen molar-refractivity contribution in [3.05, 3.63) is 235 Å². The van der Waals surface area contributed by atoms with Crippen LogP contribution in [0.5, 0.6) is 0 Å². The van der Waals surface area contributed by atoms with E-state index in [4.69, 9.17) is 9.40 Å². The standard InChI is InChI=1S/C54H35NO/c1-5-16-36(17-6-1)41-32-50(37-18-7-2-8-19-37)55-51(33-41)40-21-15-20-38(30-40)39-28-29-52-46(31-39)47-34-45-44-26-13-14-27-48(44)54(42-22-9-3-10-23-42,43-24-11-4-12-25-43)49(45)35-53(47)56-52/h1-35H. The molecule has 0 amide bonds. The van der Waals surface area contributed by atoms with E-state index in [0.717, 1.165) is 61.1 Å². The zero-order chi connectivity index (χ0) is 37.1. The van der Waals surface area contributed by atoms with Crippen LogP contribution in [0, 0.1) is 0 Å². The first-order chi connectivity index (χ1) is 27.7. The molecule has 2 aromatic heterocycles. The van der Waals surface area contributed by atoms with Gasteiger partial charge in [-0.3, -0.25) is 0 Å². The number of rotatable bonds is 6. The van der Waals surface area contributed by atoms with E-state index in [-0.39, 0.29) is 0 Å². The Balaban J connectivity index is 1.06. The lowest BCUT2D eigenvalue weighted by molar-refractivity contribution is 0.666. The van der Waals surface area contributed by atoms with Gasteiger partial charge in [-0.2, -0.15) is 0 Å². The molecular weight excluding hydrogens is 679 g/mol. The van der Waals surface area contributed by atoms with E-state index in [1.165, 1.54) is 38.9 Å². The lowest BCUT2D eigenvalue weighted by atomic mass is 9.67. The topological polar surface area (TPSA) is 26.0 Å². The molecule has 2 heterocycles. The van der Waals surface area contributed by atoms with Gasteiger partial charge in [0, 0.05) is 21.9 Å². The molecule has 262 valence electrons. The van der Waals surface area contributed by atoms with Gasteiger partial charge in [-0.15, -0.1) is 0 Å². The second kappa shape index (κ2) is 12.9. The molecule has 0 saturated carbocycles. The molecule has 0 atom stereocenters. The normalized spacial score (nSPS) is 12.8. The predicted molar refractivity (Wildman–Crippen MR) is 231 cm³/mol. The number of pyridine rings is 1. The van der Waals surface area contributed by atoms with Gasteiger partial charge in [0.2, 0.25) is 0 Å². The average molecular weight is 714 g/mol. The molecule has 2 heteroatoms. The minimum atomic E-state index is -0.473. The Labute approximate surface area is 326 Å². The van der Waals surface area contributed by atoms with Crippen molar-refractivity contribution in [3.63, 3.8) is 0 Å². The SMILES string of the molecule is c1ccc(-c2cc(-c3ccccc3)nc(-c3cccc(-c4ccc5oc6cc7c(cc6c5c4)-c4ccccc4C7(c4ccccc4)c4ccccc4)c3)c2)cc1. The largest absolute Gasteiger partial charge is 0.456 e. The maximum atomic E-state index is 6.73. The third-order valence-corrected chi connectivity index (χ3v) is 11.5. The zero-order valence-corrected chi connectivity index (χ0v) is 30.6. The smallest absolute Gasteiger partial charge is 0.135 e. The van der Waals surface area contributed by atoms with Crippen molar-refractivity contribution in [2.24, 2.45) is 0 Å². The van der Waals surface area contributed by atoms with Crippen LogP contribution in [-0.4, -0.2) is 4.98 Å². The van der Waals surface area contributed by atoms with Gasteiger partial charge in [0.15, 0.2) is 0 Å². The number of fused-ring (bicyclic) bond motifs is 6. The van der Waals surface area contributed by atoms with Crippen LogP contribution in [0.15, 0.2) is 217 Å². The second-order valence-corrected chi connectivity index (χ2v) is 14.7. The second-order valence-electron chi connectivity index (χ2n) is 14.7. The molecular formula is C54H35NO. The molecule has 0 bridgehead atoms. The molecule has 0 aliphatic heterocycles. The number of nitrogens with zero attached hydrogens (tertiary/aromatic N) is 1. The maximum absolute atomic E-state index is 6.73. The number of benzene rings is 8. The van der Waals surface area contributed by atoms with E-state index in [1.54, 1.807) is 0 Å². The zero-order valence-electron chi connectivity index (χ0n) is 30.6. The van der Waals surface area contributed by atoms with Gasteiger partial charge < -0.3 is 4.42 Å². The summed E-state index contributed by atoms with van der Waals surface area (Å²) in [4.78, 5) is 5.21. The molecule has 56 heavy (non-hydrogen) atoms. The third kappa shape index (κ3) is 5.07. The van der Waals surface area contributed by atoms with Gasteiger partial charge >= 0.3 is 0 Å².